The third-order valence-corrected chi connectivity index (χ3v) is 6.05. The lowest BCUT2D eigenvalue weighted by Gasteiger charge is -2.31. The van der Waals surface area contributed by atoms with E-state index in [1.807, 2.05) is 6.92 Å². The second-order valence-electron chi connectivity index (χ2n) is 7.85. The standard InChI is InChI=1S/C21H20F3N5O/c1-12-2-3-15(19-26-11-27-29(12)19)13-8-16-17(18(9-13)21(22,23)24)10-28(20(16)30)14-4-6-25-7-5-14/h2-3,8-9,11,14,25H,4-7,10H2,1H3. The molecule has 5 rings (SSSR count). The van der Waals surface area contributed by atoms with Crippen LogP contribution in [-0.2, 0) is 12.7 Å². The van der Waals surface area contributed by atoms with Gasteiger partial charge in [0, 0.05) is 29.4 Å². The number of benzene rings is 1. The number of nitrogens with one attached hydrogen (secondary N) is 1. The molecule has 4 heterocycles. The monoisotopic (exact) mass is 415 g/mol. The van der Waals surface area contributed by atoms with Crippen molar-refractivity contribution in [1.29, 1.82) is 0 Å². The van der Waals surface area contributed by atoms with Gasteiger partial charge < -0.3 is 10.2 Å². The predicted octanol–water partition coefficient (Wildman–Crippen LogP) is 3.43. The molecule has 0 spiro atoms. The van der Waals surface area contributed by atoms with Gasteiger partial charge in [0.25, 0.3) is 5.91 Å². The summed E-state index contributed by atoms with van der Waals surface area (Å²) in [5, 5.41) is 7.36. The molecule has 0 unspecified atom stereocenters. The zero-order chi connectivity index (χ0) is 21.0. The average Bonchev–Trinajstić information content (AvgIpc) is 3.34. The Balaban J connectivity index is 1.66. The Morgan fingerprint density at radius 1 is 1.13 bits per heavy atom. The van der Waals surface area contributed by atoms with Crippen LogP contribution in [0.2, 0.25) is 0 Å². The van der Waals surface area contributed by atoms with Crippen LogP contribution >= 0.6 is 0 Å². The molecule has 1 fully saturated rings. The van der Waals surface area contributed by atoms with E-state index in [-0.39, 0.29) is 29.6 Å². The molecular weight excluding hydrogens is 395 g/mol. The summed E-state index contributed by atoms with van der Waals surface area (Å²) in [6.07, 6.45) is -1.70. The van der Waals surface area contributed by atoms with E-state index in [4.69, 9.17) is 0 Å². The maximum atomic E-state index is 14.0. The number of aryl methyl sites for hydroxylation is 1. The first-order valence-electron chi connectivity index (χ1n) is 9.90. The van der Waals surface area contributed by atoms with E-state index in [0.29, 0.717) is 16.8 Å². The van der Waals surface area contributed by atoms with Gasteiger partial charge in [-0.1, -0.05) is 0 Å². The number of carbonyl (C=O) groups is 1. The van der Waals surface area contributed by atoms with Crippen LogP contribution in [0.25, 0.3) is 16.8 Å². The Hall–Kier alpha value is -2.94. The molecule has 0 saturated carbocycles. The molecule has 2 aliphatic rings. The van der Waals surface area contributed by atoms with Gasteiger partial charge in [-0.25, -0.2) is 9.50 Å². The van der Waals surface area contributed by atoms with Gasteiger partial charge in [-0.15, -0.1) is 0 Å². The van der Waals surface area contributed by atoms with E-state index < -0.39 is 11.7 Å². The molecular formula is C21H20F3N5O. The summed E-state index contributed by atoms with van der Waals surface area (Å²) in [5.41, 5.74) is 1.56. The van der Waals surface area contributed by atoms with E-state index in [2.05, 4.69) is 15.4 Å². The fourth-order valence-corrected chi connectivity index (χ4v) is 4.51. The molecule has 0 bridgehead atoms. The second-order valence-corrected chi connectivity index (χ2v) is 7.85. The summed E-state index contributed by atoms with van der Waals surface area (Å²) >= 11 is 0. The third-order valence-electron chi connectivity index (χ3n) is 6.05. The van der Waals surface area contributed by atoms with Crippen LogP contribution in [0, 0.1) is 6.92 Å². The summed E-state index contributed by atoms with van der Waals surface area (Å²) in [6, 6.07) is 6.18. The highest BCUT2D eigenvalue weighted by atomic mass is 19.4. The van der Waals surface area contributed by atoms with Crippen LogP contribution in [0.1, 0.15) is 40.0 Å². The van der Waals surface area contributed by atoms with Gasteiger partial charge in [0.05, 0.1) is 5.56 Å². The molecule has 156 valence electrons. The number of piperidine rings is 1. The topological polar surface area (TPSA) is 62.5 Å². The summed E-state index contributed by atoms with van der Waals surface area (Å²) in [6.45, 7) is 3.37. The lowest BCUT2D eigenvalue weighted by molar-refractivity contribution is -0.138. The van der Waals surface area contributed by atoms with Crippen LogP contribution in [0.3, 0.4) is 0 Å². The quantitative estimate of drug-likeness (QED) is 0.697. The number of hydrogen-bond acceptors (Lipinski definition) is 4. The summed E-state index contributed by atoms with van der Waals surface area (Å²) in [7, 11) is 0. The largest absolute Gasteiger partial charge is 0.416 e. The molecule has 1 saturated heterocycles. The van der Waals surface area contributed by atoms with E-state index in [9.17, 15) is 18.0 Å². The number of alkyl halides is 3. The van der Waals surface area contributed by atoms with Crippen molar-refractivity contribution in [1.82, 2.24) is 24.8 Å². The van der Waals surface area contributed by atoms with Gasteiger partial charge >= 0.3 is 6.18 Å². The van der Waals surface area contributed by atoms with Crippen molar-refractivity contribution in [2.75, 3.05) is 13.1 Å². The van der Waals surface area contributed by atoms with Crippen molar-refractivity contribution < 1.29 is 18.0 Å². The minimum Gasteiger partial charge on any atom is -0.331 e. The summed E-state index contributed by atoms with van der Waals surface area (Å²) < 4.78 is 43.5. The molecule has 2 aliphatic heterocycles. The number of fused-ring (bicyclic) bond motifs is 2. The van der Waals surface area contributed by atoms with E-state index in [0.717, 1.165) is 37.7 Å². The average molecular weight is 415 g/mol. The lowest BCUT2D eigenvalue weighted by Crippen LogP contribution is -2.43. The Kier molecular flexibility index (Phi) is 4.32. The van der Waals surface area contributed by atoms with Gasteiger partial charge in [-0.2, -0.15) is 18.3 Å². The van der Waals surface area contributed by atoms with E-state index in [1.54, 1.807) is 27.6 Å². The normalized spacial score (nSPS) is 17.7. The molecule has 9 heteroatoms. The Morgan fingerprint density at radius 2 is 1.90 bits per heavy atom. The van der Waals surface area contributed by atoms with Crippen LogP contribution in [0.4, 0.5) is 13.2 Å². The number of pyridine rings is 1. The number of nitrogens with zero attached hydrogens (tertiary/aromatic N) is 4. The number of halogens is 3. The first kappa shape index (κ1) is 19.0. The van der Waals surface area contributed by atoms with Gasteiger partial charge in [0.15, 0.2) is 5.65 Å². The van der Waals surface area contributed by atoms with Gasteiger partial charge in [-0.05, 0) is 68.2 Å². The number of amides is 1. The number of aromatic nitrogens is 3. The minimum atomic E-state index is -4.56. The molecule has 30 heavy (non-hydrogen) atoms. The summed E-state index contributed by atoms with van der Waals surface area (Å²) in [5.74, 6) is -0.325. The fourth-order valence-electron chi connectivity index (χ4n) is 4.51. The molecule has 2 aromatic heterocycles. The summed E-state index contributed by atoms with van der Waals surface area (Å²) in [4.78, 5) is 19.0. The molecule has 3 aromatic rings. The maximum absolute atomic E-state index is 14.0. The predicted molar refractivity (Wildman–Crippen MR) is 104 cm³/mol. The zero-order valence-electron chi connectivity index (χ0n) is 16.3. The van der Waals surface area contributed by atoms with Gasteiger partial charge in [-0.3, -0.25) is 4.79 Å². The molecule has 1 amide bonds. The zero-order valence-corrected chi connectivity index (χ0v) is 16.3. The smallest absolute Gasteiger partial charge is 0.331 e. The van der Waals surface area contributed by atoms with E-state index in [1.165, 1.54) is 6.33 Å². The first-order valence-corrected chi connectivity index (χ1v) is 9.90. The lowest BCUT2D eigenvalue weighted by atomic mass is 9.95. The van der Waals surface area contributed by atoms with Crippen molar-refractivity contribution in [3.63, 3.8) is 0 Å². The van der Waals surface area contributed by atoms with Crippen molar-refractivity contribution in [3.05, 3.63) is 53.0 Å². The van der Waals surface area contributed by atoms with Gasteiger partial charge in [0.2, 0.25) is 0 Å². The van der Waals surface area contributed by atoms with Crippen molar-refractivity contribution >= 4 is 11.6 Å². The number of hydrogen-bond donors (Lipinski definition) is 1. The van der Waals surface area contributed by atoms with Crippen LogP contribution in [0.5, 0.6) is 0 Å². The molecule has 0 atom stereocenters. The highest BCUT2D eigenvalue weighted by molar-refractivity contribution is 6.00. The number of carbonyl (C=O) groups excluding carboxylic acids is 1. The van der Waals surface area contributed by atoms with E-state index >= 15 is 0 Å². The Morgan fingerprint density at radius 3 is 2.63 bits per heavy atom. The molecule has 1 N–H and O–H groups in total. The Labute approximate surface area is 170 Å². The molecule has 0 radical (unpaired) electrons. The maximum Gasteiger partial charge on any atom is 0.416 e. The SMILES string of the molecule is Cc1ccc(-c2cc3c(c(C(F)(F)F)c2)CN(C2CCNCC2)C3=O)c2ncnn12. The number of rotatable bonds is 2. The van der Waals surface area contributed by atoms with Crippen LogP contribution < -0.4 is 5.32 Å². The van der Waals surface area contributed by atoms with Crippen molar-refractivity contribution in [2.24, 2.45) is 0 Å². The van der Waals surface area contributed by atoms with Crippen molar-refractivity contribution in [3.8, 4) is 11.1 Å². The highest BCUT2D eigenvalue weighted by Crippen LogP contribution is 2.41. The third kappa shape index (κ3) is 2.96. The molecule has 0 aliphatic carbocycles. The highest BCUT2D eigenvalue weighted by Gasteiger charge is 2.42. The van der Waals surface area contributed by atoms with Crippen molar-refractivity contribution in [2.45, 2.75) is 38.5 Å². The van der Waals surface area contributed by atoms with Crippen LogP contribution in [-0.4, -0.2) is 44.5 Å². The molecule has 6 nitrogen and oxygen atoms in total. The molecule has 1 aromatic carbocycles. The Bertz CT molecular complexity index is 1150. The first-order chi connectivity index (χ1) is 14.3. The van der Waals surface area contributed by atoms with Gasteiger partial charge in [0.1, 0.15) is 6.33 Å². The fraction of sp³-hybridized carbons (Fsp3) is 0.381. The minimum absolute atomic E-state index is 0.00218. The van der Waals surface area contributed by atoms with Crippen LogP contribution in [0.15, 0.2) is 30.6 Å². The second kappa shape index (κ2) is 6.80.